The van der Waals surface area contributed by atoms with Gasteiger partial charge in [-0.2, -0.15) is 28.6 Å². The van der Waals surface area contributed by atoms with E-state index in [9.17, 15) is 27.6 Å². The maximum atomic E-state index is 13.1. The number of H-pyrrole nitrogens is 1. The number of alkyl halides is 3. The molecule has 4 aromatic rings. The summed E-state index contributed by atoms with van der Waals surface area (Å²) in [5.74, 6) is -2.50. The monoisotopic (exact) mass is 531 g/mol. The molecule has 3 aromatic carbocycles. The number of benzene rings is 3. The van der Waals surface area contributed by atoms with Crippen LogP contribution in [0.15, 0.2) is 66.7 Å². The summed E-state index contributed by atoms with van der Waals surface area (Å²) in [4.78, 5) is 37.9. The zero-order chi connectivity index (χ0) is 26.6. The number of esters is 1. The Morgan fingerprint density at radius 3 is 2.43 bits per heavy atom. The van der Waals surface area contributed by atoms with Gasteiger partial charge in [0, 0.05) is 11.1 Å². The van der Waals surface area contributed by atoms with Crippen LogP contribution in [-0.2, 0) is 20.5 Å². The number of aromatic amines is 1. The van der Waals surface area contributed by atoms with E-state index in [0.29, 0.717) is 17.1 Å². The third kappa shape index (κ3) is 6.22. The third-order valence-electron chi connectivity index (χ3n) is 5.11. The quantitative estimate of drug-likeness (QED) is 0.306. The Balaban J connectivity index is 1.46. The van der Waals surface area contributed by atoms with E-state index in [-0.39, 0.29) is 21.8 Å². The number of hydrogen-bond donors (Lipinski definition) is 3. The number of halogens is 4. The van der Waals surface area contributed by atoms with E-state index in [1.165, 1.54) is 24.3 Å². The predicted octanol–water partition coefficient (Wildman–Crippen LogP) is 4.28. The van der Waals surface area contributed by atoms with Crippen LogP contribution >= 0.6 is 11.6 Å². The van der Waals surface area contributed by atoms with Crippen LogP contribution in [0.25, 0.3) is 11.0 Å². The normalized spacial score (nSPS) is 12.1. The lowest BCUT2D eigenvalue weighted by Gasteiger charge is -2.19. The highest BCUT2D eigenvalue weighted by Gasteiger charge is 2.32. The molecule has 0 saturated heterocycles. The van der Waals surface area contributed by atoms with Crippen LogP contribution in [0.1, 0.15) is 27.6 Å². The molecular formula is C24H17ClF3N5O4. The van der Waals surface area contributed by atoms with Crippen molar-refractivity contribution in [3.05, 3.63) is 88.4 Å². The van der Waals surface area contributed by atoms with E-state index in [2.05, 4.69) is 26.0 Å². The first-order valence-electron chi connectivity index (χ1n) is 10.6. The topological polar surface area (TPSA) is 126 Å². The molecule has 0 saturated carbocycles. The Morgan fingerprint density at radius 1 is 0.973 bits per heavy atom. The number of nitrogens with one attached hydrogen (secondary N) is 3. The first-order valence-corrected chi connectivity index (χ1v) is 11.0. The Morgan fingerprint density at radius 2 is 1.70 bits per heavy atom. The van der Waals surface area contributed by atoms with Crippen molar-refractivity contribution in [1.82, 2.24) is 20.7 Å². The van der Waals surface area contributed by atoms with Gasteiger partial charge in [0.15, 0.2) is 0 Å². The molecule has 13 heteroatoms. The number of fused-ring (bicyclic) bond motifs is 1. The number of aromatic nitrogens is 3. The van der Waals surface area contributed by atoms with Crippen LogP contribution in [-0.4, -0.2) is 39.7 Å². The van der Waals surface area contributed by atoms with Crippen molar-refractivity contribution in [1.29, 1.82) is 0 Å². The molecular weight excluding hydrogens is 515 g/mol. The van der Waals surface area contributed by atoms with Gasteiger partial charge in [0.25, 0.3) is 11.8 Å². The van der Waals surface area contributed by atoms with Crippen molar-refractivity contribution in [3.8, 4) is 0 Å². The smallest absolute Gasteiger partial charge is 0.416 e. The minimum atomic E-state index is -4.66. The molecule has 0 bridgehead atoms. The van der Waals surface area contributed by atoms with Crippen molar-refractivity contribution >= 4 is 46.1 Å². The molecule has 3 N–H and O–H groups in total. The fourth-order valence-corrected chi connectivity index (χ4v) is 3.47. The highest BCUT2D eigenvalue weighted by Crippen LogP contribution is 2.34. The molecule has 0 spiro atoms. The number of carbonyl (C=O) groups excluding carboxylic acids is 3. The number of ether oxygens (including phenoxy) is 1. The second kappa shape index (κ2) is 10.7. The van der Waals surface area contributed by atoms with Crippen LogP contribution in [0.5, 0.6) is 0 Å². The maximum absolute atomic E-state index is 13.1. The van der Waals surface area contributed by atoms with E-state index in [0.717, 1.165) is 12.1 Å². The van der Waals surface area contributed by atoms with Crippen molar-refractivity contribution in [3.63, 3.8) is 0 Å². The summed E-state index contributed by atoms with van der Waals surface area (Å²) in [6.45, 7) is -0.587. The fraction of sp³-hybridized carbons (Fsp3) is 0.125. The lowest BCUT2D eigenvalue weighted by molar-refractivity contribution is -0.153. The molecule has 37 heavy (non-hydrogen) atoms. The van der Waals surface area contributed by atoms with Gasteiger partial charge in [0.2, 0.25) is 6.10 Å². The summed E-state index contributed by atoms with van der Waals surface area (Å²) >= 11 is 5.97. The predicted molar refractivity (Wildman–Crippen MR) is 127 cm³/mol. The van der Waals surface area contributed by atoms with E-state index in [1.54, 1.807) is 24.3 Å². The summed E-state index contributed by atoms with van der Waals surface area (Å²) in [7, 11) is 0. The highest BCUT2D eigenvalue weighted by molar-refractivity contribution is 6.33. The maximum Gasteiger partial charge on any atom is 0.416 e. The SMILES string of the molecule is O=C(CNC(=O)c1ccc2n[nH]nc2c1)OC(C(=O)Nc1cc(C(F)(F)F)ccc1Cl)c1ccccc1. The molecule has 0 aliphatic heterocycles. The van der Waals surface area contributed by atoms with Gasteiger partial charge >= 0.3 is 12.1 Å². The minimum absolute atomic E-state index is 0.143. The van der Waals surface area contributed by atoms with Crippen molar-refractivity contribution in [2.75, 3.05) is 11.9 Å². The van der Waals surface area contributed by atoms with Crippen molar-refractivity contribution < 1.29 is 32.3 Å². The molecule has 1 heterocycles. The van der Waals surface area contributed by atoms with Gasteiger partial charge in [-0.25, -0.2) is 0 Å². The average molecular weight is 532 g/mol. The molecule has 0 aliphatic rings. The summed E-state index contributed by atoms with van der Waals surface area (Å²) in [5, 5.41) is 14.7. The lowest BCUT2D eigenvalue weighted by Crippen LogP contribution is -2.33. The number of carbonyl (C=O) groups is 3. The Bertz CT molecular complexity index is 1460. The molecule has 1 unspecified atom stereocenters. The molecule has 0 radical (unpaired) electrons. The first kappa shape index (κ1) is 25.6. The molecule has 9 nitrogen and oxygen atoms in total. The minimum Gasteiger partial charge on any atom is -0.446 e. The van der Waals surface area contributed by atoms with E-state index in [1.807, 2.05) is 0 Å². The number of amides is 2. The molecule has 1 atom stereocenters. The van der Waals surface area contributed by atoms with Gasteiger partial charge in [-0.3, -0.25) is 14.4 Å². The number of nitrogens with zero attached hydrogens (tertiary/aromatic N) is 2. The highest BCUT2D eigenvalue weighted by atomic mass is 35.5. The fourth-order valence-electron chi connectivity index (χ4n) is 3.31. The van der Waals surface area contributed by atoms with Crippen LogP contribution in [0.4, 0.5) is 18.9 Å². The Labute approximate surface area is 211 Å². The first-order chi connectivity index (χ1) is 17.6. The van der Waals surface area contributed by atoms with Gasteiger partial charge in [-0.15, -0.1) is 0 Å². The number of rotatable bonds is 7. The van der Waals surface area contributed by atoms with Crippen LogP contribution in [0.2, 0.25) is 5.02 Å². The van der Waals surface area contributed by atoms with Gasteiger partial charge in [-0.1, -0.05) is 41.9 Å². The summed E-state index contributed by atoms with van der Waals surface area (Å²) in [6, 6.07) is 14.8. The molecule has 2 amide bonds. The van der Waals surface area contributed by atoms with Crippen LogP contribution < -0.4 is 10.6 Å². The van der Waals surface area contributed by atoms with E-state index in [4.69, 9.17) is 16.3 Å². The van der Waals surface area contributed by atoms with Gasteiger partial charge in [-0.05, 0) is 36.4 Å². The van der Waals surface area contributed by atoms with Gasteiger partial charge < -0.3 is 15.4 Å². The second-order valence-corrected chi connectivity index (χ2v) is 8.08. The standard InChI is InChI=1S/C24H17ClF3N5O4/c25-16-8-7-15(24(26,27)28)11-18(16)30-23(36)21(13-4-2-1-3-5-13)37-20(34)12-29-22(35)14-6-9-17-19(10-14)32-33-31-17/h1-11,21H,12H2,(H,29,35)(H,30,36)(H,31,32,33). The largest absolute Gasteiger partial charge is 0.446 e. The van der Waals surface area contributed by atoms with E-state index < -0.39 is 42.2 Å². The second-order valence-electron chi connectivity index (χ2n) is 7.67. The van der Waals surface area contributed by atoms with Gasteiger partial charge in [0.05, 0.1) is 16.3 Å². The van der Waals surface area contributed by atoms with Gasteiger partial charge in [0.1, 0.15) is 17.6 Å². The van der Waals surface area contributed by atoms with Crippen LogP contribution in [0.3, 0.4) is 0 Å². The molecule has 1 aromatic heterocycles. The van der Waals surface area contributed by atoms with Crippen LogP contribution in [0, 0.1) is 0 Å². The molecule has 0 fully saturated rings. The lowest BCUT2D eigenvalue weighted by atomic mass is 10.1. The summed E-state index contributed by atoms with van der Waals surface area (Å²) in [5.41, 5.74) is 0.129. The zero-order valence-electron chi connectivity index (χ0n) is 18.7. The average Bonchev–Trinajstić information content (AvgIpc) is 3.35. The van der Waals surface area contributed by atoms with Crippen molar-refractivity contribution in [2.24, 2.45) is 0 Å². The third-order valence-corrected chi connectivity index (χ3v) is 5.44. The molecule has 4 rings (SSSR count). The van der Waals surface area contributed by atoms with Crippen molar-refractivity contribution in [2.45, 2.75) is 12.3 Å². The Hall–Kier alpha value is -4.45. The number of hydrogen-bond acceptors (Lipinski definition) is 6. The zero-order valence-corrected chi connectivity index (χ0v) is 19.4. The number of anilines is 1. The molecule has 0 aliphatic carbocycles. The summed E-state index contributed by atoms with van der Waals surface area (Å²) in [6.07, 6.45) is -6.20. The molecule has 190 valence electrons. The van der Waals surface area contributed by atoms with E-state index >= 15 is 0 Å². The summed E-state index contributed by atoms with van der Waals surface area (Å²) < 4.78 is 44.6. The Kier molecular flexibility index (Phi) is 7.39.